The van der Waals surface area contributed by atoms with E-state index in [1.807, 2.05) is 13.0 Å². The first-order valence-electron chi connectivity index (χ1n) is 5.70. The summed E-state index contributed by atoms with van der Waals surface area (Å²) in [5.74, 6) is -0.778. The maximum absolute atomic E-state index is 11.7. The molecule has 1 heterocycles. The number of oxazole rings is 1. The number of amides is 2. The summed E-state index contributed by atoms with van der Waals surface area (Å²) in [4.78, 5) is 26.7. The molecule has 7 heteroatoms. The molecule has 1 aromatic heterocycles. The maximum atomic E-state index is 11.7. The highest BCUT2D eigenvalue weighted by Gasteiger charge is 2.15. The van der Waals surface area contributed by atoms with Crippen LogP contribution in [-0.2, 0) is 4.74 Å². The van der Waals surface area contributed by atoms with Crippen LogP contribution in [-0.4, -0.2) is 23.6 Å². The molecule has 2 aromatic rings. The number of nitrogens with one attached hydrogen (secondary N) is 2. The van der Waals surface area contributed by atoms with Gasteiger partial charge in [-0.25, -0.2) is 15.2 Å². The van der Waals surface area contributed by atoms with Gasteiger partial charge in [-0.15, -0.1) is 0 Å². The average molecular weight is 263 g/mol. The number of aryl methyl sites for hydroxylation is 1. The summed E-state index contributed by atoms with van der Waals surface area (Å²) in [6, 6.07) is 5.38. The molecule has 0 saturated carbocycles. The largest absolute Gasteiger partial charge is 0.449 e. The van der Waals surface area contributed by atoms with Gasteiger partial charge in [0.15, 0.2) is 5.58 Å². The Bertz CT molecular complexity index is 620. The van der Waals surface area contributed by atoms with Crippen molar-refractivity contribution in [3.05, 3.63) is 29.7 Å². The van der Waals surface area contributed by atoms with Crippen LogP contribution in [0.15, 0.2) is 22.6 Å². The summed E-state index contributed by atoms with van der Waals surface area (Å²) in [6.07, 6.45) is -0.747. The third kappa shape index (κ3) is 3.01. The van der Waals surface area contributed by atoms with Crippen molar-refractivity contribution in [3.8, 4) is 0 Å². The monoisotopic (exact) mass is 263 g/mol. The van der Waals surface area contributed by atoms with E-state index in [1.54, 1.807) is 19.1 Å². The van der Waals surface area contributed by atoms with Gasteiger partial charge in [-0.3, -0.25) is 10.2 Å². The highest BCUT2D eigenvalue weighted by atomic mass is 16.6. The summed E-state index contributed by atoms with van der Waals surface area (Å²) < 4.78 is 9.85. The lowest BCUT2D eigenvalue weighted by molar-refractivity contribution is 0.0881. The van der Waals surface area contributed by atoms with Gasteiger partial charge < -0.3 is 9.15 Å². The smallest absolute Gasteiger partial charge is 0.426 e. The third-order valence-corrected chi connectivity index (χ3v) is 2.29. The Morgan fingerprint density at radius 3 is 2.89 bits per heavy atom. The highest BCUT2D eigenvalue weighted by molar-refractivity contribution is 5.93. The summed E-state index contributed by atoms with van der Waals surface area (Å²) in [7, 11) is 0. The molecule has 0 bridgehead atoms. The van der Waals surface area contributed by atoms with E-state index in [2.05, 4.69) is 20.6 Å². The number of hydrazine groups is 1. The number of hydrogen-bond acceptors (Lipinski definition) is 5. The van der Waals surface area contributed by atoms with E-state index < -0.39 is 12.0 Å². The van der Waals surface area contributed by atoms with Crippen molar-refractivity contribution in [2.24, 2.45) is 0 Å². The highest BCUT2D eigenvalue weighted by Crippen LogP contribution is 2.16. The van der Waals surface area contributed by atoms with Crippen LogP contribution in [0.5, 0.6) is 0 Å². The van der Waals surface area contributed by atoms with Gasteiger partial charge in [0, 0.05) is 0 Å². The van der Waals surface area contributed by atoms with Crippen LogP contribution in [0, 0.1) is 6.92 Å². The second-order valence-corrected chi connectivity index (χ2v) is 3.79. The van der Waals surface area contributed by atoms with Gasteiger partial charge >= 0.3 is 12.0 Å². The van der Waals surface area contributed by atoms with E-state index in [0.29, 0.717) is 11.1 Å². The first-order chi connectivity index (χ1) is 9.10. The van der Waals surface area contributed by atoms with Crippen molar-refractivity contribution in [1.82, 2.24) is 15.8 Å². The Balaban J connectivity index is 2.07. The number of benzene rings is 1. The first-order valence-corrected chi connectivity index (χ1v) is 5.70. The molecule has 7 nitrogen and oxygen atoms in total. The molecule has 100 valence electrons. The molecular weight excluding hydrogens is 250 g/mol. The van der Waals surface area contributed by atoms with Crippen LogP contribution in [0.3, 0.4) is 0 Å². The predicted octanol–water partition coefficient (Wildman–Crippen LogP) is 1.53. The van der Waals surface area contributed by atoms with Crippen LogP contribution < -0.4 is 10.9 Å². The second kappa shape index (κ2) is 5.38. The van der Waals surface area contributed by atoms with Gasteiger partial charge in [0.2, 0.25) is 0 Å². The normalized spacial score (nSPS) is 10.2. The first kappa shape index (κ1) is 12.9. The molecule has 2 N–H and O–H groups in total. The molecule has 0 aliphatic carbocycles. The van der Waals surface area contributed by atoms with Crippen molar-refractivity contribution in [2.45, 2.75) is 13.8 Å². The molecule has 2 rings (SSSR count). The van der Waals surface area contributed by atoms with E-state index in [9.17, 15) is 9.59 Å². The molecule has 0 aliphatic rings. The SMILES string of the molecule is CCOC(=O)NNC(=O)c1nc2cc(C)ccc2o1. The number of ether oxygens (including phenoxy) is 1. The zero-order valence-electron chi connectivity index (χ0n) is 10.5. The second-order valence-electron chi connectivity index (χ2n) is 3.79. The van der Waals surface area contributed by atoms with Gasteiger partial charge in [-0.2, -0.15) is 0 Å². The van der Waals surface area contributed by atoms with Crippen molar-refractivity contribution in [2.75, 3.05) is 6.61 Å². The topological polar surface area (TPSA) is 93.5 Å². The molecule has 0 aliphatic heterocycles. The fourth-order valence-electron chi connectivity index (χ4n) is 1.46. The van der Waals surface area contributed by atoms with E-state index >= 15 is 0 Å². The van der Waals surface area contributed by atoms with Gasteiger partial charge in [-0.05, 0) is 31.5 Å². The van der Waals surface area contributed by atoms with Crippen molar-refractivity contribution < 1.29 is 18.7 Å². The van der Waals surface area contributed by atoms with Gasteiger partial charge in [-0.1, -0.05) is 6.07 Å². The predicted molar refractivity (Wildman–Crippen MR) is 66.4 cm³/mol. The molecule has 0 atom stereocenters. The van der Waals surface area contributed by atoms with E-state index in [-0.39, 0.29) is 12.5 Å². The molecule has 0 saturated heterocycles. The lowest BCUT2D eigenvalue weighted by atomic mass is 10.2. The average Bonchev–Trinajstić information content (AvgIpc) is 2.79. The standard InChI is InChI=1S/C12H13N3O4/c1-3-18-12(17)15-14-10(16)11-13-8-6-7(2)4-5-9(8)19-11/h4-6H,3H2,1-2H3,(H,14,16)(H,15,17). The summed E-state index contributed by atoms with van der Waals surface area (Å²) >= 11 is 0. The lowest BCUT2D eigenvalue weighted by Gasteiger charge is -2.04. The lowest BCUT2D eigenvalue weighted by Crippen LogP contribution is -2.42. The number of carbonyl (C=O) groups is 2. The zero-order valence-corrected chi connectivity index (χ0v) is 10.5. The van der Waals surface area contributed by atoms with Crippen molar-refractivity contribution >= 4 is 23.1 Å². The van der Waals surface area contributed by atoms with Gasteiger partial charge in [0.25, 0.3) is 5.89 Å². The fourth-order valence-corrected chi connectivity index (χ4v) is 1.46. The summed E-state index contributed by atoms with van der Waals surface area (Å²) in [5, 5.41) is 0. The molecule has 19 heavy (non-hydrogen) atoms. The summed E-state index contributed by atoms with van der Waals surface area (Å²) in [6.45, 7) is 3.78. The van der Waals surface area contributed by atoms with Gasteiger partial charge in [0.05, 0.1) is 6.61 Å². The van der Waals surface area contributed by atoms with E-state index in [0.717, 1.165) is 5.56 Å². The van der Waals surface area contributed by atoms with Gasteiger partial charge in [0.1, 0.15) is 5.52 Å². The number of fused-ring (bicyclic) bond motifs is 1. The van der Waals surface area contributed by atoms with Crippen molar-refractivity contribution in [3.63, 3.8) is 0 Å². The molecule has 0 radical (unpaired) electrons. The summed E-state index contributed by atoms with van der Waals surface area (Å²) in [5.41, 5.74) is 6.32. The number of hydrogen-bond donors (Lipinski definition) is 2. The molecule has 1 aromatic carbocycles. The van der Waals surface area contributed by atoms with E-state index in [4.69, 9.17) is 4.42 Å². The van der Waals surface area contributed by atoms with Crippen LogP contribution in [0.4, 0.5) is 4.79 Å². The quantitative estimate of drug-likeness (QED) is 0.801. The fraction of sp³-hybridized carbons (Fsp3) is 0.250. The Morgan fingerprint density at radius 2 is 2.16 bits per heavy atom. The Kier molecular flexibility index (Phi) is 3.65. The number of nitrogens with zero attached hydrogens (tertiary/aromatic N) is 1. The molecular formula is C12H13N3O4. The van der Waals surface area contributed by atoms with Crippen LogP contribution >= 0.6 is 0 Å². The Hall–Kier alpha value is -2.57. The van der Waals surface area contributed by atoms with Crippen molar-refractivity contribution in [1.29, 1.82) is 0 Å². The Labute approximate surface area is 108 Å². The number of rotatable bonds is 2. The maximum Gasteiger partial charge on any atom is 0.426 e. The minimum absolute atomic E-state index is 0.127. The van der Waals surface area contributed by atoms with E-state index in [1.165, 1.54) is 0 Å². The zero-order chi connectivity index (χ0) is 13.8. The minimum atomic E-state index is -0.747. The number of aromatic nitrogens is 1. The molecule has 0 fully saturated rings. The molecule has 0 spiro atoms. The number of carbonyl (C=O) groups excluding carboxylic acids is 2. The van der Waals surface area contributed by atoms with Crippen LogP contribution in [0.1, 0.15) is 23.2 Å². The van der Waals surface area contributed by atoms with Crippen LogP contribution in [0.2, 0.25) is 0 Å². The third-order valence-electron chi connectivity index (χ3n) is 2.29. The minimum Gasteiger partial charge on any atom is -0.449 e. The molecule has 0 unspecified atom stereocenters. The molecule has 2 amide bonds. The Morgan fingerprint density at radius 1 is 1.37 bits per heavy atom. The van der Waals surface area contributed by atoms with Crippen LogP contribution in [0.25, 0.3) is 11.1 Å².